The minimum absolute atomic E-state index is 0.0148. The molecule has 13 heavy (non-hydrogen) atoms. The third kappa shape index (κ3) is 1.16. The Morgan fingerprint density at radius 2 is 2.31 bits per heavy atom. The van der Waals surface area contributed by atoms with Crippen molar-refractivity contribution in [2.24, 2.45) is 5.73 Å². The zero-order valence-electron chi connectivity index (χ0n) is 6.92. The summed E-state index contributed by atoms with van der Waals surface area (Å²) in [5.74, 6) is -0.0530. The van der Waals surface area contributed by atoms with Gasteiger partial charge in [0, 0.05) is 5.56 Å². The molecule has 1 aliphatic rings. The summed E-state index contributed by atoms with van der Waals surface area (Å²) in [5.41, 5.74) is 7.57. The molecule has 0 saturated carbocycles. The van der Waals surface area contributed by atoms with Crippen LogP contribution < -0.4 is 11.1 Å². The molecule has 2 rings (SSSR count). The van der Waals surface area contributed by atoms with Crippen molar-refractivity contribution in [1.82, 2.24) is 0 Å². The Labute approximate surface area is 75.3 Å². The third-order valence-electron chi connectivity index (χ3n) is 2.06. The first-order valence-electron chi connectivity index (χ1n) is 3.94. The van der Waals surface area contributed by atoms with Crippen LogP contribution in [0.15, 0.2) is 18.2 Å². The molecular formula is C9H9N3O. The molecule has 0 bridgehead atoms. The van der Waals surface area contributed by atoms with E-state index in [1.165, 1.54) is 0 Å². The Morgan fingerprint density at radius 3 is 3.00 bits per heavy atom. The molecule has 0 aliphatic carbocycles. The number of nitrogen functional groups attached to an aromatic ring is 1. The minimum atomic E-state index is -0.0382. The molecule has 1 aromatic rings. The summed E-state index contributed by atoms with van der Waals surface area (Å²) >= 11 is 0. The Hall–Kier alpha value is -1.84. The topological polar surface area (TPSA) is 79.0 Å². The average Bonchev–Trinajstić information content (AvgIpc) is 2.43. The summed E-state index contributed by atoms with van der Waals surface area (Å²) < 4.78 is 0. The van der Waals surface area contributed by atoms with Gasteiger partial charge in [-0.1, -0.05) is 12.1 Å². The van der Waals surface area contributed by atoms with Crippen molar-refractivity contribution in [3.8, 4) is 0 Å². The highest BCUT2D eigenvalue weighted by molar-refractivity contribution is 6.08. The zero-order valence-corrected chi connectivity index (χ0v) is 6.92. The molecule has 1 amide bonds. The quantitative estimate of drug-likeness (QED) is 0.428. The van der Waals surface area contributed by atoms with Crippen molar-refractivity contribution < 1.29 is 4.79 Å². The van der Waals surface area contributed by atoms with Gasteiger partial charge in [-0.2, -0.15) is 0 Å². The first-order valence-corrected chi connectivity index (χ1v) is 3.94. The van der Waals surface area contributed by atoms with Gasteiger partial charge < -0.3 is 11.1 Å². The maximum Gasteiger partial charge on any atom is 0.228 e. The second kappa shape index (κ2) is 2.58. The minimum Gasteiger partial charge on any atom is -0.384 e. The number of anilines is 1. The SMILES string of the molecule is N=C(N)c1cccc2c1NC(=O)C2. The first-order chi connectivity index (χ1) is 6.18. The number of rotatable bonds is 1. The van der Waals surface area contributed by atoms with Crippen LogP contribution in [-0.4, -0.2) is 11.7 Å². The van der Waals surface area contributed by atoms with E-state index in [0.29, 0.717) is 17.7 Å². The Balaban J connectivity index is 2.57. The highest BCUT2D eigenvalue weighted by atomic mass is 16.1. The Kier molecular flexibility index (Phi) is 1.55. The maximum atomic E-state index is 11.1. The molecule has 0 fully saturated rings. The number of amides is 1. The number of amidine groups is 1. The smallest absolute Gasteiger partial charge is 0.228 e. The number of hydrogen-bond acceptors (Lipinski definition) is 2. The van der Waals surface area contributed by atoms with Crippen LogP contribution >= 0.6 is 0 Å². The van der Waals surface area contributed by atoms with Crippen molar-refractivity contribution in [2.75, 3.05) is 5.32 Å². The summed E-state index contributed by atoms with van der Waals surface area (Å²) in [4.78, 5) is 11.1. The predicted octanol–water partition coefficient (Wildman–Crippen LogP) is 0.465. The van der Waals surface area contributed by atoms with E-state index in [2.05, 4.69) is 5.32 Å². The van der Waals surface area contributed by atoms with Crippen LogP contribution in [0.1, 0.15) is 11.1 Å². The fourth-order valence-corrected chi connectivity index (χ4v) is 1.48. The lowest BCUT2D eigenvalue weighted by Crippen LogP contribution is -2.14. The second-order valence-electron chi connectivity index (χ2n) is 2.98. The molecule has 1 aromatic carbocycles. The number of nitrogens with two attached hydrogens (primary N) is 1. The van der Waals surface area contributed by atoms with Crippen molar-refractivity contribution >= 4 is 17.4 Å². The summed E-state index contributed by atoms with van der Waals surface area (Å²) in [6, 6.07) is 5.39. The van der Waals surface area contributed by atoms with Crippen LogP contribution in [0.3, 0.4) is 0 Å². The fraction of sp³-hybridized carbons (Fsp3) is 0.111. The molecule has 4 heteroatoms. The van der Waals surface area contributed by atoms with Crippen molar-refractivity contribution in [2.45, 2.75) is 6.42 Å². The second-order valence-corrected chi connectivity index (χ2v) is 2.98. The first kappa shape index (κ1) is 7.79. The van der Waals surface area contributed by atoms with E-state index in [0.717, 1.165) is 5.56 Å². The van der Waals surface area contributed by atoms with Crippen molar-refractivity contribution in [1.29, 1.82) is 5.41 Å². The Bertz CT molecular complexity index is 398. The van der Waals surface area contributed by atoms with Gasteiger partial charge in [-0.05, 0) is 11.6 Å². The lowest BCUT2D eigenvalue weighted by atomic mass is 10.1. The van der Waals surface area contributed by atoms with Crippen LogP contribution in [0.25, 0.3) is 0 Å². The van der Waals surface area contributed by atoms with Gasteiger partial charge in [-0.3, -0.25) is 10.2 Å². The molecular weight excluding hydrogens is 166 g/mol. The van der Waals surface area contributed by atoms with E-state index in [4.69, 9.17) is 11.1 Å². The molecule has 0 spiro atoms. The molecule has 0 radical (unpaired) electrons. The number of fused-ring (bicyclic) bond motifs is 1. The van der Waals surface area contributed by atoms with Crippen LogP contribution in [-0.2, 0) is 11.2 Å². The van der Waals surface area contributed by atoms with Crippen molar-refractivity contribution in [3.63, 3.8) is 0 Å². The largest absolute Gasteiger partial charge is 0.384 e. The van der Waals surface area contributed by atoms with Gasteiger partial charge in [-0.15, -0.1) is 0 Å². The number of carbonyl (C=O) groups is 1. The standard InChI is InChI=1S/C9H9N3O/c10-9(11)6-3-1-2-5-4-7(13)12-8(5)6/h1-3H,4H2,(H3,10,11)(H,12,13). The van der Waals surface area contributed by atoms with E-state index in [1.807, 2.05) is 6.07 Å². The van der Waals surface area contributed by atoms with E-state index in [-0.39, 0.29) is 11.7 Å². The summed E-state index contributed by atoms with van der Waals surface area (Å²) in [6.07, 6.45) is 0.385. The monoisotopic (exact) mass is 175 g/mol. The molecule has 1 heterocycles. The molecule has 1 aliphatic heterocycles. The molecule has 4 N–H and O–H groups in total. The summed E-state index contributed by atoms with van der Waals surface area (Å²) in [7, 11) is 0. The predicted molar refractivity (Wildman–Crippen MR) is 49.8 cm³/mol. The van der Waals surface area contributed by atoms with Crippen LogP contribution in [0.2, 0.25) is 0 Å². The van der Waals surface area contributed by atoms with Gasteiger partial charge in [0.15, 0.2) is 0 Å². The number of para-hydroxylation sites is 1. The van der Waals surface area contributed by atoms with Crippen molar-refractivity contribution in [3.05, 3.63) is 29.3 Å². The molecule has 0 aromatic heterocycles. The van der Waals surface area contributed by atoms with Crippen LogP contribution in [0.4, 0.5) is 5.69 Å². The molecule has 66 valence electrons. The fourth-order valence-electron chi connectivity index (χ4n) is 1.48. The maximum absolute atomic E-state index is 11.1. The lowest BCUT2D eigenvalue weighted by Gasteiger charge is -2.04. The van der Waals surface area contributed by atoms with Gasteiger partial charge in [0.05, 0.1) is 12.1 Å². The van der Waals surface area contributed by atoms with Crippen LogP contribution in [0.5, 0.6) is 0 Å². The van der Waals surface area contributed by atoms with E-state index < -0.39 is 0 Å². The third-order valence-corrected chi connectivity index (χ3v) is 2.06. The molecule has 0 atom stereocenters. The van der Waals surface area contributed by atoms with Gasteiger partial charge in [0.1, 0.15) is 5.84 Å². The number of carbonyl (C=O) groups excluding carboxylic acids is 1. The lowest BCUT2D eigenvalue weighted by molar-refractivity contribution is -0.115. The average molecular weight is 175 g/mol. The van der Waals surface area contributed by atoms with Gasteiger partial charge in [-0.25, -0.2) is 0 Å². The molecule has 0 unspecified atom stereocenters. The number of hydrogen-bond donors (Lipinski definition) is 3. The van der Waals surface area contributed by atoms with Gasteiger partial charge in [0.25, 0.3) is 0 Å². The van der Waals surface area contributed by atoms with Gasteiger partial charge in [0.2, 0.25) is 5.91 Å². The van der Waals surface area contributed by atoms with Gasteiger partial charge >= 0.3 is 0 Å². The highest BCUT2D eigenvalue weighted by Gasteiger charge is 2.20. The molecule has 4 nitrogen and oxygen atoms in total. The number of nitrogens with one attached hydrogen (secondary N) is 2. The van der Waals surface area contributed by atoms with Crippen LogP contribution in [0, 0.1) is 5.41 Å². The number of benzene rings is 1. The summed E-state index contributed by atoms with van der Waals surface area (Å²) in [6.45, 7) is 0. The Morgan fingerprint density at radius 1 is 1.54 bits per heavy atom. The normalized spacial score (nSPS) is 13.7. The molecule has 0 saturated heterocycles. The summed E-state index contributed by atoms with van der Waals surface area (Å²) in [5, 5.41) is 9.98. The highest BCUT2D eigenvalue weighted by Crippen LogP contribution is 2.26. The van der Waals surface area contributed by atoms with E-state index in [1.54, 1.807) is 12.1 Å². The zero-order chi connectivity index (χ0) is 9.42. The van der Waals surface area contributed by atoms with E-state index >= 15 is 0 Å². The van der Waals surface area contributed by atoms with E-state index in [9.17, 15) is 4.79 Å².